The molecule has 0 amide bonds. The molecule has 1 atom stereocenters. The molecule has 2 rings (SSSR count). The Bertz CT molecular complexity index is 582. The first-order valence-corrected chi connectivity index (χ1v) is 6.80. The van der Waals surface area contributed by atoms with Crippen LogP contribution in [0.3, 0.4) is 0 Å². The summed E-state index contributed by atoms with van der Waals surface area (Å²) in [6.07, 6.45) is 0. The Kier molecular flexibility index (Phi) is 4.40. The number of nitrogens with zero attached hydrogens (tertiary/aromatic N) is 2. The Morgan fingerprint density at radius 3 is 2.60 bits per heavy atom. The van der Waals surface area contributed by atoms with Crippen molar-refractivity contribution in [2.24, 2.45) is 0 Å². The van der Waals surface area contributed by atoms with Gasteiger partial charge in [0.2, 0.25) is 5.95 Å². The topological polar surface area (TPSA) is 75.9 Å². The lowest BCUT2D eigenvalue weighted by atomic mass is 10.0. The van der Waals surface area contributed by atoms with Crippen molar-refractivity contribution < 1.29 is 0 Å². The molecule has 0 saturated heterocycles. The van der Waals surface area contributed by atoms with Crippen molar-refractivity contribution in [3.8, 4) is 0 Å². The minimum atomic E-state index is 0.153. The lowest BCUT2D eigenvalue weighted by molar-refractivity contribution is 0.863. The zero-order valence-corrected chi connectivity index (χ0v) is 12.1. The summed E-state index contributed by atoms with van der Waals surface area (Å²) in [5.41, 5.74) is 8.23. The number of hydrogen-bond acceptors (Lipinski definition) is 5. The predicted octanol–water partition coefficient (Wildman–Crippen LogP) is 2.97. The second-order valence-electron chi connectivity index (χ2n) is 4.75. The van der Waals surface area contributed by atoms with Gasteiger partial charge in [0.25, 0.3) is 0 Å². The fourth-order valence-corrected chi connectivity index (χ4v) is 2.18. The summed E-state index contributed by atoms with van der Waals surface area (Å²) in [6, 6.07) is 10.3. The van der Waals surface area contributed by atoms with E-state index in [-0.39, 0.29) is 12.0 Å². The van der Waals surface area contributed by atoms with Crippen LogP contribution in [0.25, 0.3) is 0 Å². The SMILES string of the molecule is CCNc1cc(NC(C)c2ccccc2C)nc(N)n1. The second-order valence-corrected chi connectivity index (χ2v) is 4.75. The van der Waals surface area contributed by atoms with Crippen LogP contribution in [0.1, 0.15) is 31.0 Å². The van der Waals surface area contributed by atoms with E-state index in [9.17, 15) is 0 Å². The number of nitrogens with one attached hydrogen (secondary N) is 2. The summed E-state index contributed by atoms with van der Waals surface area (Å²) in [4.78, 5) is 8.36. The first-order valence-electron chi connectivity index (χ1n) is 6.80. The molecule has 0 saturated carbocycles. The number of aromatic nitrogens is 2. The number of anilines is 3. The van der Waals surface area contributed by atoms with Crippen LogP contribution in [-0.2, 0) is 0 Å². The van der Waals surface area contributed by atoms with Gasteiger partial charge in [-0.1, -0.05) is 24.3 Å². The first-order chi connectivity index (χ1) is 9.60. The Labute approximate surface area is 119 Å². The van der Waals surface area contributed by atoms with E-state index >= 15 is 0 Å². The lowest BCUT2D eigenvalue weighted by Crippen LogP contribution is -2.11. The van der Waals surface area contributed by atoms with Crippen LogP contribution in [0.5, 0.6) is 0 Å². The zero-order valence-electron chi connectivity index (χ0n) is 12.1. The summed E-state index contributed by atoms with van der Waals surface area (Å²) in [5, 5.41) is 6.51. The maximum absolute atomic E-state index is 5.73. The molecule has 5 heteroatoms. The van der Waals surface area contributed by atoms with Gasteiger partial charge in [-0.2, -0.15) is 9.97 Å². The average molecular weight is 271 g/mol. The van der Waals surface area contributed by atoms with Crippen molar-refractivity contribution in [3.63, 3.8) is 0 Å². The van der Waals surface area contributed by atoms with E-state index in [0.29, 0.717) is 0 Å². The van der Waals surface area contributed by atoms with E-state index in [0.717, 1.165) is 18.2 Å². The molecule has 0 fully saturated rings. The lowest BCUT2D eigenvalue weighted by Gasteiger charge is -2.17. The zero-order chi connectivity index (χ0) is 14.5. The molecule has 2 aromatic rings. The van der Waals surface area contributed by atoms with E-state index < -0.39 is 0 Å². The molecule has 106 valence electrons. The molecular formula is C15H21N5. The van der Waals surface area contributed by atoms with Gasteiger partial charge >= 0.3 is 0 Å². The highest BCUT2D eigenvalue weighted by molar-refractivity contribution is 5.52. The summed E-state index contributed by atoms with van der Waals surface area (Å²) >= 11 is 0. The highest BCUT2D eigenvalue weighted by Crippen LogP contribution is 2.22. The van der Waals surface area contributed by atoms with E-state index in [2.05, 4.69) is 46.6 Å². The minimum Gasteiger partial charge on any atom is -0.370 e. The van der Waals surface area contributed by atoms with Crippen LogP contribution in [0.15, 0.2) is 30.3 Å². The van der Waals surface area contributed by atoms with E-state index in [1.54, 1.807) is 0 Å². The van der Waals surface area contributed by atoms with Crippen LogP contribution in [0.2, 0.25) is 0 Å². The molecule has 20 heavy (non-hydrogen) atoms. The smallest absolute Gasteiger partial charge is 0.223 e. The second kappa shape index (κ2) is 6.23. The normalized spacial score (nSPS) is 11.9. The summed E-state index contributed by atoms with van der Waals surface area (Å²) in [7, 11) is 0. The molecule has 0 aliphatic rings. The molecule has 1 unspecified atom stereocenters. The number of nitrogen functional groups attached to an aromatic ring is 1. The van der Waals surface area contributed by atoms with Crippen LogP contribution in [0.4, 0.5) is 17.6 Å². The van der Waals surface area contributed by atoms with Gasteiger partial charge in [0, 0.05) is 12.6 Å². The van der Waals surface area contributed by atoms with Gasteiger partial charge in [0.05, 0.1) is 6.04 Å². The monoisotopic (exact) mass is 271 g/mol. The Balaban J connectivity index is 2.19. The fraction of sp³-hybridized carbons (Fsp3) is 0.333. The number of aryl methyl sites for hydroxylation is 1. The molecule has 5 nitrogen and oxygen atoms in total. The molecule has 1 aromatic carbocycles. The van der Waals surface area contributed by atoms with Gasteiger partial charge in [-0.05, 0) is 31.9 Å². The molecule has 0 radical (unpaired) electrons. The van der Waals surface area contributed by atoms with Crippen molar-refractivity contribution in [2.45, 2.75) is 26.8 Å². The summed E-state index contributed by atoms with van der Waals surface area (Å²) in [6.45, 7) is 7.02. The Hall–Kier alpha value is -2.30. The number of nitrogens with two attached hydrogens (primary N) is 1. The predicted molar refractivity (Wildman–Crippen MR) is 83.8 cm³/mol. The molecule has 1 aromatic heterocycles. The quantitative estimate of drug-likeness (QED) is 0.779. The van der Waals surface area contributed by atoms with Gasteiger partial charge in [-0.3, -0.25) is 0 Å². The van der Waals surface area contributed by atoms with Crippen LogP contribution in [0, 0.1) is 6.92 Å². The van der Waals surface area contributed by atoms with Crippen molar-refractivity contribution in [1.82, 2.24) is 9.97 Å². The number of benzene rings is 1. The number of hydrogen-bond donors (Lipinski definition) is 3. The van der Waals surface area contributed by atoms with Gasteiger partial charge in [0.1, 0.15) is 11.6 Å². The molecule has 0 aliphatic heterocycles. The third-order valence-corrected chi connectivity index (χ3v) is 3.12. The van der Waals surface area contributed by atoms with Gasteiger partial charge in [-0.25, -0.2) is 0 Å². The average Bonchev–Trinajstić information content (AvgIpc) is 2.38. The highest BCUT2D eigenvalue weighted by atomic mass is 15.1. The molecule has 4 N–H and O–H groups in total. The van der Waals surface area contributed by atoms with Crippen molar-refractivity contribution in [3.05, 3.63) is 41.5 Å². The minimum absolute atomic E-state index is 0.153. The largest absolute Gasteiger partial charge is 0.370 e. The molecular weight excluding hydrogens is 250 g/mol. The molecule has 0 aliphatic carbocycles. The van der Waals surface area contributed by atoms with Gasteiger partial charge in [-0.15, -0.1) is 0 Å². The summed E-state index contributed by atoms with van der Waals surface area (Å²) in [5.74, 6) is 1.73. The third kappa shape index (κ3) is 3.38. The van der Waals surface area contributed by atoms with Crippen molar-refractivity contribution in [1.29, 1.82) is 0 Å². The van der Waals surface area contributed by atoms with Crippen molar-refractivity contribution in [2.75, 3.05) is 22.9 Å². The third-order valence-electron chi connectivity index (χ3n) is 3.12. The van der Waals surface area contributed by atoms with Crippen LogP contribution in [-0.4, -0.2) is 16.5 Å². The van der Waals surface area contributed by atoms with E-state index in [1.165, 1.54) is 11.1 Å². The van der Waals surface area contributed by atoms with Crippen LogP contribution < -0.4 is 16.4 Å². The summed E-state index contributed by atoms with van der Waals surface area (Å²) < 4.78 is 0. The van der Waals surface area contributed by atoms with Crippen molar-refractivity contribution >= 4 is 17.6 Å². The first kappa shape index (κ1) is 14.1. The Morgan fingerprint density at radius 2 is 1.90 bits per heavy atom. The molecule has 0 bridgehead atoms. The van der Waals surface area contributed by atoms with Gasteiger partial charge in [0.15, 0.2) is 0 Å². The number of rotatable bonds is 5. The molecule has 1 heterocycles. The highest BCUT2D eigenvalue weighted by Gasteiger charge is 2.09. The maximum Gasteiger partial charge on any atom is 0.223 e. The Morgan fingerprint density at radius 1 is 1.20 bits per heavy atom. The van der Waals surface area contributed by atoms with E-state index in [1.807, 2.05) is 25.1 Å². The fourth-order valence-electron chi connectivity index (χ4n) is 2.18. The van der Waals surface area contributed by atoms with Crippen LogP contribution >= 0.6 is 0 Å². The van der Waals surface area contributed by atoms with E-state index in [4.69, 9.17) is 5.73 Å². The van der Waals surface area contributed by atoms with Gasteiger partial charge < -0.3 is 16.4 Å². The molecule has 0 spiro atoms. The maximum atomic E-state index is 5.73. The standard InChI is InChI=1S/C15H21N5/c1-4-17-13-9-14(20-15(16)19-13)18-11(3)12-8-6-5-7-10(12)2/h5-9,11H,4H2,1-3H3,(H4,16,17,18,19,20).